The van der Waals surface area contributed by atoms with Gasteiger partial charge in [0, 0.05) is 12.2 Å². The summed E-state index contributed by atoms with van der Waals surface area (Å²) in [5.74, 6) is -0.496. The molecular weight excluding hydrogens is 246 g/mol. The number of nitrogens with two attached hydrogens (primary N) is 2. The topological polar surface area (TPSA) is 107 Å². The molecule has 0 aromatic heterocycles. The van der Waals surface area contributed by atoms with Crippen LogP contribution in [0.4, 0.5) is 5.69 Å². The van der Waals surface area contributed by atoms with Crippen molar-refractivity contribution in [3.63, 3.8) is 0 Å². The molecule has 1 aromatic rings. The van der Waals surface area contributed by atoms with Gasteiger partial charge < -0.3 is 21.5 Å². The first-order valence-electron chi connectivity index (χ1n) is 6.21. The Hall–Kier alpha value is -2.24. The molecule has 2 rings (SSSR count). The Morgan fingerprint density at radius 2 is 2.16 bits per heavy atom. The molecule has 1 saturated heterocycles. The summed E-state index contributed by atoms with van der Waals surface area (Å²) < 4.78 is 5.63. The SMILES string of the molecule is NC(=O)c1cc(N)ccc1OC1CCCCNC1=O. The molecule has 6 nitrogen and oxygen atoms in total. The zero-order valence-electron chi connectivity index (χ0n) is 10.5. The van der Waals surface area contributed by atoms with Gasteiger partial charge in [-0.15, -0.1) is 0 Å². The summed E-state index contributed by atoms with van der Waals surface area (Å²) in [7, 11) is 0. The molecule has 0 radical (unpaired) electrons. The molecule has 1 aliphatic rings. The maximum atomic E-state index is 11.8. The van der Waals surface area contributed by atoms with Crippen LogP contribution in [0.1, 0.15) is 29.6 Å². The maximum absolute atomic E-state index is 11.8. The van der Waals surface area contributed by atoms with Crippen molar-refractivity contribution < 1.29 is 14.3 Å². The van der Waals surface area contributed by atoms with Crippen LogP contribution >= 0.6 is 0 Å². The number of amides is 2. The van der Waals surface area contributed by atoms with E-state index in [2.05, 4.69) is 5.32 Å². The van der Waals surface area contributed by atoms with Gasteiger partial charge in [0.25, 0.3) is 11.8 Å². The van der Waals surface area contributed by atoms with Gasteiger partial charge in [0.15, 0.2) is 6.10 Å². The van der Waals surface area contributed by atoms with E-state index in [9.17, 15) is 9.59 Å². The number of hydrogen-bond donors (Lipinski definition) is 3. The van der Waals surface area contributed by atoms with Gasteiger partial charge in [0.05, 0.1) is 5.56 Å². The molecule has 2 amide bonds. The number of rotatable bonds is 3. The van der Waals surface area contributed by atoms with E-state index in [0.29, 0.717) is 24.4 Å². The Morgan fingerprint density at radius 1 is 1.37 bits per heavy atom. The predicted octanol–water partition coefficient (Wildman–Crippen LogP) is 0.415. The molecule has 1 atom stereocenters. The van der Waals surface area contributed by atoms with Crippen LogP contribution in [-0.2, 0) is 4.79 Å². The Labute approximate surface area is 111 Å². The largest absolute Gasteiger partial charge is 0.480 e. The highest BCUT2D eigenvalue weighted by molar-refractivity contribution is 5.96. The van der Waals surface area contributed by atoms with Crippen LogP contribution in [0.15, 0.2) is 18.2 Å². The van der Waals surface area contributed by atoms with Crippen molar-refractivity contribution in [3.8, 4) is 5.75 Å². The number of nitrogen functional groups attached to an aromatic ring is 1. The fourth-order valence-corrected chi connectivity index (χ4v) is 2.02. The first-order chi connectivity index (χ1) is 9.08. The van der Waals surface area contributed by atoms with Crippen LogP contribution in [-0.4, -0.2) is 24.5 Å². The van der Waals surface area contributed by atoms with Gasteiger partial charge in [-0.1, -0.05) is 0 Å². The number of ether oxygens (including phenoxy) is 1. The molecule has 0 bridgehead atoms. The Kier molecular flexibility index (Phi) is 3.89. The summed E-state index contributed by atoms with van der Waals surface area (Å²) in [5.41, 5.74) is 11.5. The number of carbonyl (C=O) groups excluding carboxylic acids is 2. The van der Waals surface area contributed by atoms with E-state index < -0.39 is 12.0 Å². The normalized spacial score (nSPS) is 19.4. The van der Waals surface area contributed by atoms with Crippen LogP contribution in [0.5, 0.6) is 5.75 Å². The number of anilines is 1. The van der Waals surface area contributed by atoms with Gasteiger partial charge in [-0.25, -0.2) is 0 Å². The fourth-order valence-electron chi connectivity index (χ4n) is 2.02. The molecule has 1 aliphatic heterocycles. The summed E-state index contributed by atoms with van der Waals surface area (Å²) in [6, 6.07) is 4.62. The summed E-state index contributed by atoms with van der Waals surface area (Å²) in [4.78, 5) is 23.1. The van der Waals surface area contributed by atoms with Crippen molar-refractivity contribution in [1.29, 1.82) is 0 Å². The van der Waals surface area contributed by atoms with Crippen molar-refractivity contribution in [2.75, 3.05) is 12.3 Å². The number of nitrogens with one attached hydrogen (secondary N) is 1. The van der Waals surface area contributed by atoms with Gasteiger partial charge in [-0.05, 0) is 37.5 Å². The molecule has 0 aliphatic carbocycles. The highest BCUT2D eigenvalue weighted by Gasteiger charge is 2.24. The first-order valence-corrected chi connectivity index (χ1v) is 6.21. The van der Waals surface area contributed by atoms with Gasteiger partial charge in [0.1, 0.15) is 5.75 Å². The monoisotopic (exact) mass is 263 g/mol. The highest BCUT2D eigenvalue weighted by atomic mass is 16.5. The molecule has 6 heteroatoms. The molecule has 19 heavy (non-hydrogen) atoms. The van der Waals surface area contributed by atoms with Crippen LogP contribution in [0, 0.1) is 0 Å². The maximum Gasteiger partial charge on any atom is 0.261 e. The van der Waals surface area contributed by atoms with Crippen LogP contribution in [0.25, 0.3) is 0 Å². The quantitative estimate of drug-likeness (QED) is 0.686. The zero-order valence-corrected chi connectivity index (χ0v) is 10.5. The minimum absolute atomic E-state index is 0.162. The summed E-state index contributed by atoms with van der Waals surface area (Å²) in [6.45, 7) is 0.656. The number of carbonyl (C=O) groups is 2. The summed E-state index contributed by atoms with van der Waals surface area (Å²) in [6.07, 6.45) is 1.85. The van der Waals surface area contributed by atoms with Gasteiger partial charge in [-0.2, -0.15) is 0 Å². The third-order valence-corrected chi connectivity index (χ3v) is 3.02. The zero-order chi connectivity index (χ0) is 13.8. The van der Waals surface area contributed by atoms with Gasteiger partial charge in [0.2, 0.25) is 0 Å². The van der Waals surface area contributed by atoms with Crippen molar-refractivity contribution in [2.45, 2.75) is 25.4 Å². The third kappa shape index (κ3) is 3.15. The first kappa shape index (κ1) is 13.2. The van der Waals surface area contributed by atoms with Gasteiger partial charge in [-0.3, -0.25) is 9.59 Å². The molecule has 0 spiro atoms. The standard InChI is InChI=1S/C13H17N3O3/c14-8-4-5-10(9(7-8)12(15)17)19-11-3-1-2-6-16-13(11)18/h4-5,7,11H,1-3,6,14H2,(H2,15,17)(H,16,18). The number of hydrogen-bond acceptors (Lipinski definition) is 4. The third-order valence-electron chi connectivity index (χ3n) is 3.02. The lowest BCUT2D eigenvalue weighted by atomic mass is 10.1. The minimum Gasteiger partial charge on any atom is -0.480 e. The second-order valence-corrected chi connectivity index (χ2v) is 4.51. The van der Waals surface area contributed by atoms with E-state index in [-0.39, 0.29) is 11.5 Å². The molecular formula is C13H17N3O3. The molecule has 102 valence electrons. The molecule has 1 heterocycles. The minimum atomic E-state index is -0.628. The van der Waals surface area contributed by atoms with Crippen molar-refractivity contribution in [2.24, 2.45) is 5.73 Å². The molecule has 1 fully saturated rings. The van der Waals surface area contributed by atoms with Crippen molar-refractivity contribution >= 4 is 17.5 Å². The second kappa shape index (κ2) is 5.60. The van der Waals surface area contributed by atoms with E-state index in [1.165, 1.54) is 6.07 Å². The number of primary amides is 1. The smallest absolute Gasteiger partial charge is 0.261 e. The molecule has 1 aromatic carbocycles. The summed E-state index contributed by atoms with van der Waals surface area (Å²) >= 11 is 0. The average Bonchev–Trinajstić information content (AvgIpc) is 2.57. The molecule has 5 N–H and O–H groups in total. The molecule has 1 unspecified atom stereocenters. The van der Waals surface area contributed by atoms with Crippen LogP contribution in [0.3, 0.4) is 0 Å². The lowest BCUT2D eigenvalue weighted by Crippen LogP contribution is -2.36. The van der Waals surface area contributed by atoms with Crippen molar-refractivity contribution in [3.05, 3.63) is 23.8 Å². The lowest BCUT2D eigenvalue weighted by molar-refractivity contribution is -0.127. The predicted molar refractivity (Wildman–Crippen MR) is 70.6 cm³/mol. The Bertz CT molecular complexity index is 502. The lowest BCUT2D eigenvalue weighted by Gasteiger charge is -2.17. The van der Waals surface area contributed by atoms with E-state index in [1.807, 2.05) is 0 Å². The second-order valence-electron chi connectivity index (χ2n) is 4.51. The van der Waals surface area contributed by atoms with E-state index in [0.717, 1.165) is 12.8 Å². The highest BCUT2D eigenvalue weighted by Crippen LogP contribution is 2.23. The van der Waals surface area contributed by atoms with E-state index in [1.54, 1.807) is 12.1 Å². The molecule has 0 saturated carbocycles. The van der Waals surface area contributed by atoms with E-state index in [4.69, 9.17) is 16.2 Å². The fraction of sp³-hybridized carbons (Fsp3) is 0.385. The van der Waals surface area contributed by atoms with Crippen molar-refractivity contribution in [1.82, 2.24) is 5.32 Å². The Morgan fingerprint density at radius 3 is 2.89 bits per heavy atom. The van der Waals surface area contributed by atoms with Crippen LogP contribution < -0.4 is 21.5 Å². The van der Waals surface area contributed by atoms with E-state index >= 15 is 0 Å². The summed E-state index contributed by atoms with van der Waals surface area (Å²) in [5, 5.41) is 2.77. The van der Waals surface area contributed by atoms with Gasteiger partial charge >= 0.3 is 0 Å². The average molecular weight is 263 g/mol. The van der Waals surface area contributed by atoms with Crippen LogP contribution in [0.2, 0.25) is 0 Å². The Balaban J connectivity index is 2.22. The number of benzene rings is 1.